The number of likely N-dealkylation sites (tertiary alicyclic amines) is 1. The standard InChI is InChI=1S/C13H25NO/c1-11(10-12(15)13(2,3)4)14-8-6-5-7-9-14/h11H,5-10H2,1-4H3. The maximum atomic E-state index is 11.9. The number of nitrogens with zero attached hydrogens (tertiary/aromatic N) is 1. The summed E-state index contributed by atoms with van der Waals surface area (Å²) in [6.07, 6.45) is 4.67. The Labute approximate surface area is 94.0 Å². The van der Waals surface area contributed by atoms with Crippen LogP contribution in [0.4, 0.5) is 0 Å². The molecular formula is C13H25NO. The molecule has 1 atom stereocenters. The van der Waals surface area contributed by atoms with E-state index in [4.69, 9.17) is 0 Å². The Kier molecular flexibility index (Phi) is 4.32. The molecule has 0 N–H and O–H groups in total. The van der Waals surface area contributed by atoms with E-state index >= 15 is 0 Å². The van der Waals surface area contributed by atoms with Gasteiger partial charge in [-0.15, -0.1) is 0 Å². The summed E-state index contributed by atoms with van der Waals surface area (Å²) in [7, 11) is 0. The third-order valence-corrected chi connectivity index (χ3v) is 3.33. The normalized spacial score (nSPS) is 21.3. The molecule has 2 nitrogen and oxygen atoms in total. The van der Waals surface area contributed by atoms with Gasteiger partial charge in [0.25, 0.3) is 0 Å². The average Bonchev–Trinajstić information content (AvgIpc) is 2.17. The Bertz CT molecular complexity index is 211. The molecule has 0 radical (unpaired) electrons. The van der Waals surface area contributed by atoms with E-state index in [0.29, 0.717) is 18.2 Å². The van der Waals surface area contributed by atoms with Crippen molar-refractivity contribution in [1.82, 2.24) is 4.90 Å². The lowest BCUT2D eigenvalue weighted by Gasteiger charge is -2.33. The fourth-order valence-electron chi connectivity index (χ4n) is 2.06. The number of hydrogen-bond acceptors (Lipinski definition) is 2. The number of ketones is 1. The van der Waals surface area contributed by atoms with Gasteiger partial charge in [0.1, 0.15) is 5.78 Å². The summed E-state index contributed by atoms with van der Waals surface area (Å²) in [6.45, 7) is 10.6. The summed E-state index contributed by atoms with van der Waals surface area (Å²) in [5.41, 5.74) is -0.177. The van der Waals surface area contributed by atoms with E-state index in [2.05, 4.69) is 11.8 Å². The molecule has 0 aromatic rings. The van der Waals surface area contributed by atoms with Crippen LogP contribution in [0, 0.1) is 5.41 Å². The quantitative estimate of drug-likeness (QED) is 0.715. The first-order chi connectivity index (χ1) is 6.91. The van der Waals surface area contributed by atoms with Crippen molar-refractivity contribution in [3.8, 4) is 0 Å². The SMILES string of the molecule is CC(CC(=O)C(C)(C)C)N1CCCCC1. The van der Waals surface area contributed by atoms with E-state index in [1.807, 2.05) is 20.8 Å². The molecule has 1 fully saturated rings. The lowest BCUT2D eigenvalue weighted by Crippen LogP contribution is -2.40. The topological polar surface area (TPSA) is 20.3 Å². The monoisotopic (exact) mass is 211 g/mol. The zero-order valence-electron chi connectivity index (χ0n) is 10.7. The molecule has 1 rings (SSSR count). The highest BCUT2D eigenvalue weighted by molar-refractivity contribution is 5.84. The van der Waals surface area contributed by atoms with Crippen LogP contribution in [-0.2, 0) is 4.79 Å². The van der Waals surface area contributed by atoms with Gasteiger partial charge < -0.3 is 4.90 Å². The molecule has 0 aromatic heterocycles. The van der Waals surface area contributed by atoms with E-state index < -0.39 is 0 Å². The molecule has 0 amide bonds. The molecule has 1 aliphatic rings. The number of rotatable bonds is 3. The van der Waals surface area contributed by atoms with Crippen molar-refractivity contribution in [3.63, 3.8) is 0 Å². The fourth-order valence-corrected chi connectivity index (χ4v) is 2.06. The largest absolute Gasteiger partial charge is 0.300 e. The highest BCUT2D eigenvalue weighted by Crippen LogP contribution is 2.21. The smallest absolute Gasteiger partial charge is 0.139 e. The van der Waals surface area contributed by atoms with Crippen LogP contribution >= 0.6 is 0 Å². The van der Waals surface area contributed by atoms with Crippen LogP contribution in [0.15, 0.2) is 0 Å². The Hall–Kier alpha value is -0.370. The van der Waals surface area contributed by atoms with Crippen molar-refractivity contribution in [3.05, 3.63) is 0 Å². The second-order valence-corrected chi connectivity index (χ2v) is 5.82. The van der Waals surface area contributed by atoms with Gasteiger partial charge in [-0.2, -0.15) is 0 Å². The summed E-state index contributed by atoms with van der Waals surface area (Å²) in [6, 6.07) is 0.428. The molecule has 1 unspecified atom stereocenters. The van der Waals surface area contributed by atoms with Gasteiger partial charge in [0.15, 0.2) is 0 Å². The Morgan fingerprint density at radius 2 is 1.73 bits per heavy atom. The van der Waals surface area contributed by atoms with E-state index in [9.17, 15) is 4.79 Å². The minimum atomic E-state index is -0.177. The van der Waals surface area contributed by atoms with Gasteiger partial charge in [-0.25, -0.2) is 0 Å². The fraction of sp³-hybridized carbons (Fsp3) is 0.923. The summed E-state index contributed by atoms with van der Waals surface area (Å²) in [4.78, 5) is 14.4. The first-order valence-corrected chi connectivity index (χ1v) is 6.18. The van der Waals surface area contributed by atoms with Crippen LogP contribution in [0.2, 0.25) is 0 Å². The van der Waals surface area contributed by atoms with Crippen molar-refractivity contribution in [2.24, 2.45) is 5.41 Å². The van der Waals surface area contributed by atoms with E-state index in [-0.39, 0.29) is 5.41 Å². The predicted octanol–water partition coefficient (Wildman–Crippen LogP) is 2.87. The minimum absolute atomic E-state index is 0.177. The van der Waals surface area contributed by atoms with Gasteiger partial charge in [0, 0.05) is 17.9 Å². The molecule has 0 spiro atoms. The lowest BCUT2D eigenvalue weighted by atomic mass is 9.87. The van der Waals surface area contributed by atoms with E-state index in [1.54, 1.807) is 0 Å². The molecule has 0 aromatic carbocycles. The summed E-state index contributed by atoms with van der Waals surface area (Å²) in [5, 5.41) is 0. The van der Waals surface area contributed by atoms with Gasteiger partial charge >= 0.3 is 0 Å². The Morgan fingerprint density at radius 1 is 1.20 bits per heavy atom. The van der Waals surface area contributed by atoms with Gasteiger partial charge in [-0.1, -0.05) is 27.2 Å². The molecule has 0 saturated carbocycles. The van der Waals surface area contributed by atoms with Crippen molar-refractivity contribution < 1.29 is 4.79 Å². The van der Waals surface area contributed by atoms with Crippen LogP contribution in [0.25, 0.3) is 0 Å². The molecule has 1 aliphatic heterocycles. The second kappa shape index (κ2) is 5.11. The van der Waals surface area contributed by atoms with Gasteiger partial charge in [0.05, 0.1) is 0 Å². The molecule has 1 heterocycles. The van der Waals surface area contributed by atoms with Crippen molar-refractivity contribution >= 4 is 5.78 Å². The van der Waals surface area contributed by atoms with E-state index in [0.717, 1.165) is 0 Å². The summed E-state index contributed by atoms with van der Waals surface area (Å²) >= 11 is 0. The average molecular weight is 211 g/mol. The van der Waals surface area contributed by atoms with Crippen molar-refractivity contribution in [1.29, 1.82) is 0 Å². The molecule has 0 bridgehead atoms. The number of hydrogen-bond donors (Lipinski definition) is 0. The minimum Gasteiger partial charge on any atom is -0.300 e. The number of carbonyl (C=O) groups excluding carboxylic acids is 1. The number of carbonyl (C=O) groups is 1. The van der Waals surface area contributed by atoms with Crippen molar-refractivity contribution in [2.45, 2.75) is 59.4 Å². The first-order valence-electron chi connectivity index (χ1n) is 6.18. The van der Waals surface area contributed by atoms with Gasteiger partial charge in [-0.05, 0) is 32.9 Å². The second-order valence-electron chi connectivity index (χ2n) is 5.82. The van der Waals surface area contributed by atoms with Crippen LogP contribution in [0.3, 0.4) is 0 Å². The van der Waals surface area contributed by atoms with Gasteiger partial charge in [0.2, 0.25) is 0 Å². The molecule has 15 heavy (non-hydrogen) atoms. The van der Waals surface area contributed by atoms with Gasteiger partial charge in [-0.3, -0.25) is 4.79 Å². The molecular weight excluding hydrogens is 186 g/mol. The van der Waals surface area contributed by atoms with Crippen LogP contribution < -0.4 is 0 Å². The Balaban J connectivity index is 2.40. The van der Waals surface area contributed by atoms with Crippen molar-refractivity contribution in [2.75, 3.05) is 13.1 Å². The first kappa shape index (κ1) is 12.7. The third kappa shape index (κ3) is 3.94. The van der Waals surface area contributed by atoms with Crippen LogP contribution in [0.1, 0.15) is 53.4 Å². The summed E-state index contributed by atoms with van der Waals surface area (Å²) < 4.78 is 0. The lowest BCUT2D eigenvalue weighted by molar-refractivity contribution is -0.127. The van der Waals surface area contributed by atoms with Crippen LogP contribution in [0.5, 0.6) is 0 Å². The van der Waals surface area contributed by atoms with E-state index in [1.165, 1.54) is 32.4 Å². The third-order valence-electron chi connectivity index (χ3n) is 3.33. The molecule has 1 saturated heterocycles. The maximum Gasteiger partial charge on any atom is 0.139 e. The Morgan fingerprint density at radius 3 is 2.20 bits per heavy atom. The molecule has 88 valence electrons. The highest BCUT2D eigenvalue weighted by Gasteiger charge is 2.25. The molecule has 2 heteroatoms. The number of Topliss-reactive ketones (excluding diaryl/α,β-unsaturated/α-hetero) is 1. The van der Waals surface area contributed by atoms with Crippen LogP contribution in [-0.4, -0.2) is 29.8 Å². The highest BCUT2D eigenvalue weighted by atomic mass is 16.1. The maximum absolute atomic E-state index is 11.9. The summed E-state index contributed by atoms with van der Waals surface area (Å²) in [5.74, 6) is 0.389. The zero-order valence-corrected chi connectivity index (χ0v) is 10.7. The molecule has 0 aliphatic carbocycles. The zero-order chi connectivity index (χ0) is 11.5. The number of piperidine rings is 1. The predicted molar refractivity (Wildman–Crippen MR) is 64.0 cm³/mol.